The molecule has 0 spiro atoms. The average Bonchev–Trinajstić information content (AvgIpc) is 3.30. The van der Waals surface area contributed by atoms with Crippen LogP contribution in [0.25, 0.3) is 55.4 Å². The minimum Gasteiger partial charge on any atom is -0.455 e. The minimum absolute atomic E-state index is 0.326. The Bertz CT molecular complexity index is 1970. The summed E-state index contributed by atoms with van der Waals surface area (Å²) in [5.41, 5.74) is 7.27. The summed E-state index contributed by atoms with van der Waals surface area (Å²) in [5.74, 6) is -0.780. The lowest BCUT2D eigenvalue weighted by Gasteiger charge is -2.07. The van der Waals surface area contributed by atoms with Crippen molar-refractivity contribution in [1.82, 2.24) is 0 Å². The summed E-state index contributed by atoms with van der Waals surface area (Å²) in [5, 5.41) is 11.7. The van der Waals surface area contributed by atoms with Gasteiger partial charge in [0.15, 0.2) is 6.20 Å². The van der Waals surface area contributed by atoms with Crippen molar-refractivity contribution in [1.29, 1.82) is 5.26 Å². The second-order valence-electron chi connectivity index (χ2n) is 9.22. The van der Waals surface area contributed by atoms with E-state index in [1.807, 2.05) is 73.7 Å². The number of hydrogen-bond acceptors (Lipinski definition) is 2. The zero-order valence-electron chi connectivity index (χ0n) is 23.3. The molecule has 0 fully saturated rings. The van der Waals surface area contributed by atoms with Crippen LogP contribution in [0.3, 0.4) is 0 Å². The SMILES string of the molecule is [2H]C([2H])([2H])c1c[n+](C)c(-c2cc3oc4c(-c5ccc(-c6ccccc6)cc5)c(C#N)ccc4c3cc2C)cc1F. The highest BCUT2D eigenvalue weighted by molar-refractivity contribution is 6.11. The quantitative estimate of drug-likeness (QED) is 0.238. The van der Waals surface area contributed by atoms with Gasteiger partial charge in [-0.3, -0.25) is 0 Å². The molecule has 0 saturated carbocycles. The summed E-state index contributed by atoms with van der Waals surface area (Å²) in [6.07, 6.45) is 1.32. The van der Waals surface area contributed by atoms with Crippen LogP contribution in [-0.2, 0) is 7.05 Å². The molecule has 0 unspecified atom stereocenters. The van der Waals surface area contributed by atoms with Crippen LogP contribution < -0.4 is 4.57 Å². The van der Waals surface area contributed by atoms with Gasteiger partial charge in [-0.25, -0.2) is 8.96 Å². The Morgan fingerprint density at radius 1 is 0.865 bits per heavy atom. The van der Waals surface area contributed by atoms with Crippen molar-refractivity contribution < 1.29 is 17.5 Å². The van der Waals surface area contributed by atoms with E-state index in [0.717, 1.165) is 38.6 Å². The molecular formula is C33H24FN2O+. The van der Waals surface area contributed by atoms with Crippen LogP contribution in [0.15, 0.2) is 95.5 Å². The van der Waals surface area contributed by atoms with E-state index >= 15 is 0 Å². The van der Waals surface area contributed by atoms with Crippen LogP contribution in [0.4, 0.5) is 4.39 Å². The molecule has 0 atom stereocenters. The van der Waals surface area contributed by atoms with E-state index < -0.39 is 12.7 Å². The van der Waals surface area contributed by atoms with Crippen molar-refractivity contribution >= 4 is 21.9 Å². The fourth-order valence-corrected chi connectivity index (χ4v) is 5.00. The number of hydrogen-bond donors (Lipinski definition) is 0. The maximum atomic E-state index is 14.9. The van der Waals surface area contributed by atoms with E-state index in [-0.39, 0.29) is 5.56 Å². The van der Waals surface area contributed by atoms with E-state index in [1.165, 1.54) is 12.3 Å². The van der Waals surface area contributed by atoms with Gasteiger partial charge in [-0.05, 0) is 60.3 Å². The minimum atomic E-state index is -2.55. The molecule has 4 aromatic carbocycles. The third-order valence-corrected chi connectivity index (χ3v) is 6.89. The number of nitriles is 1. The lowest BCUT2D eigenvalue weighted by atomic mass is 9.95. The highest BCUT2D eigenvalue weighted by atomic mass is 19.1. The van der Waals surface area contributed by atoms with Crippen LogP contribution in [0.5, 0.6) is 0 Å². The summed E-state index contributed by atoms with van der Waals surface area (Å²) >= 11 is 0. The van der Waals surface area contributed by atoms with Crippen LogP contribution in [-0.4, -0.2) is 0 Å². The maximum Gasteiger partial charge on any atom is 0.215 e. The van der Waals surface area contributed by atoms with Gasteiger partial charge in [-0.2, -0.15) is 5.26 Å². The number of aryl methyl sites for hydroxylation is 3. The van der Waals surface area contributed by atoms with Gasteiger partial charge < -0.3 is 4.42 Å². The number of halogens is 1. The largest absolute Gasteiger partial charge is 0.455 e. The maximum absolute atomic E-state index is 14.9. The van der Waals surface area contributed by atoms with Crippen LogP contribution in [0.1, 0.15) is 20.8 Å². The number of rotatable bonds is 3. The number of benzene rings is 4. The average molecular weight is 487 g/mol. The second-order valence-corrected chi connectivity index (χ2v) is 9.22. The third kappa shape index (κ3) is 3.77. The number of fused-ring (bicyclic) bond motifs is 3. The molecule has 2 aromatic heterocycles. The molecule has 178 valence electrons. The number of nitrogens with zero attached hydrogens (tertiary/aromatic N) is 2. The number of furan rings is 1. The molecule has 0 N–H and O–H groups in total. The van der Waals surface area contributed by atoms with E-state index in [4.69, 9.17) is 8.53 Å². The Morgan fingerprint density at radius 3 is 2.32 bits per heavy atom. The molecule has 0 amide bonds. The Labute approximate surface area is 218 Å². The first-order valence-corrected chi connectivity index (χ1v) is 11.9. The normalized spacial score (nSPS) is 12.8. The molecule has 0 saturated heterocycles. The van der Waals surface area contributed by atoms with Gasteiger partial charge in [0.25, 0.3) is 0 Å². The highest BCUT2D eigenvalue weighted by Crippen LogP contribution is 2.40. The first-order chi connectivity index (χ1) is 19.2. The molecule has 0 aliphatic rings. The van der Waals surface area contributed by atoms with Crippen LogP contribution in [0.2, 0.25) is 0 Å². The smallest absolute Gasteiger partial charge is 0.215 e. The molecule has 0 aliphatic carbocycles. The Morgan fingerprint density at radius 2 is 1.59 bits per heavy atom. The standard InChI is InChI=1S/C33H24FN2O/c1-20-15-28-26-14-13-25(18-35)32(24-11-9-23(10-12-24)22-7-5-4-6-8-22)33(26)37-31(28)16-27(20)30-17-29(34)21(2)19-36(30)3/h4-17,19H,1-3H3/q+1/i2D3. The van der Waals surface area contributed by atoms with Gasteiger partial charge in [0.05, 0.1) is 17.2 Å². The fraction of sp³-hybridized carbons (Fsp3) is 0.0909. The molecule has 3 nitrogen and oxygen atoms in total. The van der Waals surface area contributed by atoms with Gasteiger partial charge >= 0.3 is 0 Å². The highest BCUT2D eigenvalue weighted by Gasteiger charge is 2.21. The molecular weight excluding hydrogens is 459 g/mol. The fourth-order valence-electron chi connectivity index (χ4n) is 5.00. The summed E-state index contributed by atoms with van der Waals surface area (Å²) in [6, 6.07) is 29.3. The molecule has 2 heterocycles. The van der Waals surface area contributed by atoms with Gasteiger partial charge in [-0.1, -0.05) is 54.6 Å². The summed E-state index contributed by atoms with van der Waals surface area (Å²) in [6.45, 7) is -0.623. The molecule has 4 heteroatoms. The first kappa shape index (κ1) is 19.4. The van der Waals surface area contributed by atoms with Crippen molar-refractivity contribution in [3.63, 3.8) is 0 Å². The molecule has 6 rings (SSSR count). The molecule has 0 radical (unpaired) electrons. The molecule has 0 bridgehead atoms. The lowest BCUT2D eigenvalue weighted by Crippen LogP contribution is -2.31. The van der Waals surface area contributed by atoms with E-state index in [0.29, 0.717) is 28.0 Å². The van der Waals surface area contributed by atoms with E-state index in [1.54, 1.807) is 11.6 Å². The van der Waals surface area contributed by atoms with Gasteiger partial charge in [0.1, 0.15) is 24.0 Å². The number of aromatic nitrogens is 1. The molecule has 6 aromatic rings. The summed E-state index contributed by atoms with van der Waals surface area (Å²) < 4.78 is 45.8. The van der Waals surface area contributed by atoms with Gasteiger partial charge in [-0.15, -0.1) is 0 Å². The second kappa shape index (κ2) is 8.72. The lowest BCUT2D eigenvalue weighted by molar-refractivity contribution is -0.661. The van der Waals surface area contributed by atoms with Crippen molar-refractivity contribution in [2.45, 2.75) is 13.8 Å². The molecule has 37 heavy (non-hydrogen) atoms. The molecule has 0 aliphatic heterocycles. The van der Waals surface area contributed by atoms with E-state index in [2.05, 4.69) is 18.2 Å². The summed E-state index contributed by atoms with van der Waals surface area (Å²) in [4.78, 5) is 0. The first-order valence-electron chi connectivity index (χ1n) is 13.4. The van der Waals surface area contributed by atoms with Crippen LogP contribution in [0, 0.1) is 30.9 Å². The van der Waals surface area contributed by atoms with Crippen molar-refractivity contribution in [2.75, 3.05) is 0 Å². The predicted molar refractivity (Wildman–Crippen MR) is 145 cm³/mol. The van der Waals surface area contributed by atoms with Crippen molar-refractivity contribution in [2.24, 2.45) is 7.05 Å². The topological polar surface area (TPSA) is 40.8 Å². The monoisotopic (exact) mass is 486 g/mol. The van der Waals surface area contributed by atoms with Crippen molar-refractivity contribution in [3.05, 3.63) is 114 Å². The number of pyridine rings is 1. The Kier molecular flexibility index (Phi) is 4.58. The van der Waals surface area contributed by atoms with Crippen LogP contribution >= 0.6 is 0 Å². The Hall–Kier alpha value is -4.75. The summed E-state index contributed by atoms with van der Waals surface area (Å²) in [7, 11) is 1.70. The van der Waals surface area contributed by atoms with E-state index in [9.17, 15) is 9.65 Å². The zero-order valence-corrected chi connectivity index (χ0v) is 20.3. The predicted octanol–water partition coefficient (Wildman–Crippen LogP) is 8.04. The zero-order chi connectivity index (χ0) is 28.2. The third-order valence-electron chi connectivity index (χ3n) is 6.89. The van der Waals surface area contributed by atoms with Crippen molar-refractivity contribution in [3.8, 4) is 39.6 Å². The Balaban J connectivity index is 1.52. The van der Waals surface area contributed by atoms with Gasteiger partial charge in [0, 0.05) is 32.1 Å². The van der Waals surface area contributed by atoms with Gasteiger partial charge in [0.2, 0.25) is 5.69 Å².